The predicted molar refractivity (Wildman–Crippen MR) is 200 cm³/mol. The molecule has 2 saturated heterocycles. The normalized spacial score (nSPS) is 52.8. The van der Waals surface area contributed by atoms with Gasteiger partial charge in [0.05, 0.1) is 18.1 Å². The summed E-state index contributed by atoms with van der Waals surface area (Å²) < 4.78 is 23.3. The van der Waals surface area contributed by atoms with Crippen molar-refractivity contribution in [2.75, 3.05) is 6.61 Å². The lowest BCUT2D eigenvalue weighted by Crippen LogP contribution is -2.67. The van der Waals surface area contributed by atoms with E-state index in [9.17, 15) is 60.3 Å². The Morgan fingerprint density at radius 3 is 1.93 bits per heavy atom. The summed E-state index contributed by atoms with van der Waals surface area (Å²) in [6.45, 7) is 12.7. The van der Waals surface area contributed by atoms with Crippen molar-refractivity contribution in [2.24, 2.45) is 44.3 Å². The molecule has 7 aliphatic rings. The highest BCUT2D eigenvalue weighted by Gasteiger charge is 2.68. The van der Waals surface area contributed by atoms with Gasteiger partial charge in [0.1, 0.15) is 36.6 Å². The second-order valence-electron chi connectivity index (χ2n) is 20.1. The van der Waals surface area contributed by atoms with Crippen LogP contribution in [0, 0.1) is 44.3 Å². The van der Waals surface area contributed by atoms with E-state index in [1.165, 1.54) is 11.1 Å². The van der Waals surface area contributed by atoms with Gasteiger partial charge in [-0.3, -0.25) is 4.79 Å². The summed E-state index contributed by atoms with van der Waals surface area (Å²) in [6.07, 6.45) is -9.53. The minimum absolute atomic E-state index is 0.0600. The van der Waals surface area contributed by atoms with Gasteiger partial charge in [0, 0.05) is 5.41 Å². The number of aliphatic hydroxyl groups excluding tert-OH is 6. The topological polar surface area (TPSA) is 270 Å². The van der Waals surface area contributed by atoms with Crippen molar-refractivity contribution >= 4 is 17.9 Å². The zero-order chi connectivity index (χ0) is 42.7. The first-order valence-corrected chi connectivity index (χ1v) is 20.7. The summed E-state index contributed by atoms with van der Waals surface area (Å²) in [7, 11) is 0. The van der Waals surface area contributed by atoms with E-state index in [0.29, 0.717) is 32.1 Å². The molecular weight excluding hydrogens is 760 g/mol. The van der Waals surface area contributed by atoms with Gasteiger partial charge < -0.3 is 64.9 Å². The molecule has 19 atom stereocenters. The number of allylic oxidation sites excluding steroid dienone is 4. The minimum atomic E-state index is -2.06. The summed E-state index contributed by atoms with van der Waals surface area (Å²) >= 11 is 0. The number of fused-ring (bicyclic) bond motifs is 6. The summed E-state index contributed by atoms with van der Waals surface area (Å²) in [5.41, 5.74) is -0.0843. The van der Waals surface area contributed by atoms with Crippen LogP contribution < -0.4 is 0 Å². The highest BCUT2D eigenvalue weighted by atomic mass is 16.8. The fourth-order valence-corrected chi connectivity index (χ4v) is 12.9. The quantitative estimate of drug-likeness (QED) is 0.158. The van der Waals surface area contributed by atoms with E-state index < -0.39 is 96.3 Å². The third-order valence-electron chi connectivity index (χ3n) is 17.0. The smallest absolute Gasteiger partial charge is 0.335 e. The van der Waals surface area contributed by atoms with Crippen LogP contribution in [-0.2, 0) is 33.3 Å². The second-order valence-corrected chi connectivity index (χ2v) is 20.1. The van der Waals surface area contributed by atoms with Crippen LogP contribution in [0.5, 0.6) is 0 Å². The molecule has 326 valence electrons. The van der Waals surface area contributed by atoms with E-state index >= 15 is 0 Å². The number of carboxylic acid groups (broad SMARTS) is 3. The number of carboxylic acids is 3. The van der Waals surface area contributed by atoms with Crippen molar-refractivity contribution in [3.05, 3.63) is 23.3 Å². The molecule has 5 fully saturated rings. The number of ether oxygens (including phenoxy) is 4. The first kappa shape index (κ1) is 43.6. The Hall–Kier alpha value is -2.51. The molecule has 0 aromatic carbocycles. The number of hydrogen-bond donors (Lipinski definition) is 9. The molecule has 2 aliphatic heterocycles. The van der Waals surface area contributed by atoms with Crippen LogP contribution in [0.2, 0.25) is 0 Å². The van der Waals surface area contributed by atoms with Crippen LogP contribution in [0.3, 0.4) is 0 Å². The molecule has 5 aliphatic carbocycles. The van der Waals surface area contributed by atoms with Crippen LogP contribution in [0.25, 0.3) is 0 Å². The minimum Gasteiger partial charge on any atom is -0.481 e. The first-order valence-electron chi connectivity index (χ1n) is 20.7. The lowest BCUT2D eigenvalue weighted by molar-refractivity contribution is -0.372. The van der Waals surface area contributed by atoms with Gasteiger partial charge >= 0.3 is 17.9 Å². The van der Waals surface area contributed by atoms with E-state index in [2.05, 4.69) is 39.8 Å². The van der Waals surface area contributed by atoms with Gasteiger partial charge in [-0.15, -0.1) is 0 Å². The molecule has 3 saturated carbocycles. The second kappa shape index (κ2) is 14.6. The standard InChI is InChI=1S/C42H62O16/c1-37-13-14-38(2,36(53)54)17-20(37)19-7-8-22-39(3)11-10-23(40(4,18-43)21(39)9-12-42(22,6)41(19,5)16-15-37)55-35-31(27(47)26(46)30(57-35)33(51)52)58-34-28(48)24(44)25(45)29(56-34)32(49)50/h7-8,21-31,34-35,43-48H,9-18H2,1-6H3,(H,49,50)(H,51,52)(H,53,54)/t21-,22-,23+,24+,25+,26+,27+,28-,29+,30+,31-,34+,35+,37-,38+,39+,40-,41-,42-/m1/s1. The van der Waals surface area contributed by atoms with Crippen molar-refractivity contribution in [2.45, 2.75) is 167 Å². The SMILES string of the molecule is C[C@]1(C(=O)O)CC[C@]2(C)CC[C@]3(C)C(=C2C1)C=C[C@@H]1[C@@]2(C)CC[C@H](O[C@H]4O[C@H](C(=O)O)[C@@H](O)[C@H](O)[C@H]4O[C@@H]4O[C@H](C(=O)O)[C@@H](O)[C@H](O)[C@H]4O)[C@](C)(CO)[C@@H]2CC[C@]13C. The van der Waals surface area contributed by atoms with E-state index in [-0.39, 0.29) is 40.1 Å². The number of carbonyl (C=O) groups is 3. The Bertz CT molecular complexity index is 1730. The monoisotopic (exact) mass is 822 g/mol. The fourth-order valence-electron chi connectivity index (χ4n) is 12.9. The molecule has 2 heterocycles. The van der Waals surface area contributed by atoms with Crippen LogP contribution in [0.4, 0.5) is 0 Å². The lowest BCUT2D eigenvalue weighted by Gasteiger charge is -2.69. The average molecular weight is 823 g/mol. The largest absolute Gasteiger partial charge is 0.481 e. The van der Waals surface area contributed by atoms with E-state index in [0.717, 1.165) is 25.7 Å². The van der Waals surface area contributed by atoms with Crippen molar-refractivity contribution in [3.8, 4) is 0 Å². The fraction of sp³-hybridized carbons (Fsp3) is 0.833. The predicted octanol–water partition coefficient (Wildman–Crippen LogP) is 1.96. The number of aliphatic hydroxyl groups is 6. The molecule has 0 aromatic rings. The summed E-state index contributed by atoms with van der Waals surface area (Å²) in [6, 6.07) is 0. The molecule has 9 N–H and O–H groups in total. The molecule has 7 rings (SSSR count). The van der Waals surface area contributed by atoms with Gasteiger partial charge in [-0.25, -0.2) is 9.59 Å². The number of hydrogen-bond acceptors (Lipinski definition) is 13. The average Bonchev–Trinajstić information content (AvgIpc) is 3.16. The molecule has 0 amide bonds. The molecule has 16 heteroatoms. The highest BCUT2D eigenvalue weighted by Crippen LogP contribution is 2.74. The molecule has 0 radical (unpaired) electrons. The van der Waals surface area contributed by atoms with Crippen molar-refractivity contribution in [1.82, 2.24) is 0 Å². The number of rotatable bonds is 8. The van der Waals surface area contributed by atoms with Crippen molar-refractivity contribution in [1.29, 1.82) is 0 Å². The molecule has 58 heavy (non-hydrogen) atoms. The molecular formula is C42H62O16. The molecule has 0 aromatic heterocycles. The van der Waals surface area contributed by atoms with Crippen LogP contribution in [-0.4, -0.2) is 138 Å². The van der Waals surface area contributed by atoms with Gasteiger partial charge in [0.2, 0.25) is 0 Å². The zero-order valence-corrected chi connectivity index (χ0v) is 34.1. The van der Waals surface area contributed by atoms with Gasteiger partial charge in [-0.1, -0.05) is 52.3 Å². The Labute approximate surface area is 337 Å². The van der Waals surface area contributed by atoms with Gasteiger partial charge in [0.25, 0.3) is 0 Å². The van der Waals surface area contributed by atoms with E-state index in [1.807, 2.05) is 13.8 Å². The Morgan fingerprint density at radius 1 is 0.724 bits per heavy atom. The van der Waals surface area contributed by atoms with Crippen LogP contribution in [0.1, 0.15) is 99.3 Å². The van der Waals surface area contributed by atoms with Crippen molar-refractivity contribution < 1.29 is 79.3 Å². The van der Waals surface area contributed by atoms with Gasteiger partial charge in [-0.2, -0.15) is 0 Å². The number of aliphatic carboxylic acids is 3. The Kier molecular flexibility index (Phi) is 10.9. The van der Waals surface area contributed by atoms with Crippen LogP contribution >= 0.6 is 0 Å². The summed E-state index contributed by atoms with van der Waals surface area (Å²) in [5, 5.41) is 94.4. The van der Waals surface area contributed by atoms with E-state index in [1.54, 1.807) is 0 Å². The third kappa shape index (κ3) is 6.26. The lowest BCUT2D eigenvalue weighted by atomic mass is 9.35. The summed E-state index contributed by atoms with van der Waals surface area (Å²) in [5.74, 6) is -4.11. The van der Waals surface area contributed by atoms with Crippen molar-refractivity contribution in [3.63, 3.8) is 0 Å². The highest BCUT2D eigenvalue weighted by molar-refractivity contribution is 5.75. The first-order chi connectivity index (χ1) is 26.9. The Balaban J connectivity index is 1.19. The summed E-state index contributed by atoms with van der Waals surface area (Å²) in [4.78, 5) is 36.5. The molecule has 0 spiro atoms. The maximum atomic E-state index is 12.5. The molecule has 0 unspecified atom stereocenters. The zero-order valence-electron chi connectivity index (χ0n) is 34.1. The maximum absolute atomic E-state index is 12.5. The van der Waals surface area contributed by atoms with E-state index in [4.69, 9.17) is 18.9 Å². The maximum Gasteiger partial charge on any atom is 0.335 e. The third-order valence-corrected chi connectivity index (χ3v) is 17.0. The van der Waals surface area contributed by atoms with Crippen LogP contribution in [0.15, 0.2) is 23.3 Å². The molecule has 16 nitrogen and oxygen atoms in total. The molecule has 0 bridgehead atoms. The Morgan fingerprint density at radius 2 is 1.33 bits per heavy atom. The van der Waals surface area contributed by atoms with Gasteiger partial charge in [0.15, 0.2) is 24.8 Å². The van der Waals surface area contributed by atoms with Gasteiger partial charge in [-0.05, 0) is 104 Å².